The van der Waals surface area contributed by atoms with Crippen LogP contribution in [0.2, 0.25) is 0 Å². The lowest BCUT2D eigenvalue weighted by molar-refractivity contribution is -0.124. The predicted molar refractivity (Wildman–Crippen MR) is 133 cm³/mol. The highest BCUT2D eigenvalue weighted by Crippen LogP contribution is 2.27. The molecule has 0 spiro atoms. The van der Waals surface area contributed by atoms with Crippen molar-refractivity contribution in [2.24, 2.45) is 0 Å². The SMILES string of the molecule is O=C1C/C(=C\c2cnn3c(NC4CC4)nc(NC(CN4CCOCC4)c4ccccc4)nc23)C(=O)N1. The van der Waals surface area contributed by atoms with Crippen LogP contribution in [-0.4, -0.2) is 75.2 Å². The molecule has 11 nitrogen and oxygen atoms in total. The normalized spacial score (nSPS) is 20.6. The third kappa shape index (κ3) is 4.93. The zero-order chi connectivity index (χ0) is 24.5. The van der Waals surface area contributed by atoms with Crippen LogP contribution in [0.15, 0.2) is 42.1 Å². The second-order valence-electron chi connectivity index (χ2n) is 9.37. The molecule has 2 saturated heterocycles. The minimum absolute atomic E-state index is 0.0384. The van der Waals surface area contributed by atoms with Crippen LogP contribution in [0.1, 0.15) is 36.4 Å². The summed E-state index contributed by atoms with van der Waals surface area (Å²) in [4.78, 5) is 35.7. The number of benzene rings is 1. The quantitative estimate of drug-likeness (QED) is 0.320. The molecule has 2 aliphatic heterocycles. The zero-order valence-corrected chi connectivity index (χ0v) is 19.8. The second kappa shape index (κ2) is 9.67. The maximum absolute atomic E-state index is 12.1. The minimum Gasteiger partial charge on any atom is -0.379 e. The van der Waals surface area contributed by atoms with Crippen molar-refractivity contribution in [1.82, 2.24) is 29.8 Å². The Kier molecular flexibility index (Phi) is 6.08. The van der Waals surface area contributed by atoms with Crippen molar-refractivity contribution in [1.29, 1.82) is 0 Å². The summed E-state index contributed by atoms with van der Waals surface area (Å²) in [6.07, 6.45) is 5.55. The minimum atomic E-state index is -0.377. The largest absolute Gasteiger partial charge is 0.379 e. The lowest BCUT2D eigenvalue weighted by atomic mass is 10.1. The van der Waals surface area contributed by atoms with Crippen molar-refractivity contribution in [3.05, 3.63) is 53.2 Å². The lowest BCUT2D eigenvalue weighted by Crippen LogP contribution is -2.40. The molecular formula is C25H28N8O3. The first-order chi connectivity index (χ1) is 17.6. The van der Waals surface area contributed by atoms with Gasteiger partial charge in [-0.25, -0.2) is 0 Å². The van der Waals surface area contributed by atoms with Gasteiger partial charge in [-0.15, -0.1) is 0 Å². The van der Waals surface area contributed by atoms with Crippen LogP contribution in [0.25, 0.3) is 11.7 Å². The molecule has 1 aromatic carbocycles. The molecule has 6 rings (SSSR count). The van der Waals surface area contributed by atoms with E-state index in [2.05, 4.69) is 38.1 Å². The van der Waals surface area contributed by atoms with Gasteiger partial charge in [-0.1, -0.05) is 30.3 Å². The summed E-state index contributed by atoms with van der Waals surface area (Å²) in [5, 5.41) is 13.8. The monoisotopic (exact) mass is 488 g/mol. The van der Waals surface area contributed by atoms with Gasteiger partial charge in [0.2, 0.25) is 17.8 Å². The maximum atomic E-state index is 12.1. The topological polar surface area (TPSA) is 126 Å². The van der Waals surface area contributed by atoms with Crippen molar-refractivity contribution >= 4 is 35.4 Å². The van der Waals surface area contributed by atoms with E-state index in [1.54, 1.807) is 16.8 Å². The molecule has 3 fully saturated rings. The number of hydrogen-bond donors (Lipinski definition) is 3. The molecule has 11 heteroatoms. The Labute approximate surface area is 207 Å². The third-order valence-corrected chi connectivity index (χ3v) is 6.58. The Hall–Kier alpha value is -3.83. The first-order valence-corrected chi connectivity index (χ1v) is 12.3. The van der Waals surface area contributed by atoms with Gasteiger partial charge >= 0.3 is 0 Å². The van der Waals surface area contributed by atoms with Crippen molar-refractivity contribution < 1.29 is 14.3 Å². The Morgan fingerprint density at radius 1 is 1.14 bits per heavy atom. The van der Waals surface area contributed by atoms with E-state index in [0.29, 0.717) is 34.7 Å². The van der Waals surface area contributed by atoms with E-state index >= 15 is 0 Å². The molecule has 2 aromatic heterocycles. The molecule has 36 heavy (non-hydrogen) atoms. The standard InChI is InChI=1S/C25H28N8O3/c34-21-13-17(23(35)29-21)12-18-14-26-33-22(18)30-24(31-25(33)27-19-6-7-19)28-20(16-4-2-1-3-5-16)15-32-8-10-36-11-9-32/h1-5,12,14,19-20H,6-11,13,15H2,(H,29,34,35)(H2,27,28,30,31)/b17-12+. The van der Waals surface area contributed by atoms with Gasteiger partial charge in [-0.3, -0.25) is 19.8 Å². The van der Waals surface area contributed by atoms with E-state index < -0.39 is 0 Å². The van der Waals surface area contributed by atoms with Crippen molar-refractivity contribution in [3.8, 4) is 0 Å². The van der Waals surface area contributed by atoms with E-state index in [1.807, 2.05) is 18.2 Å². The summed E-state index contributed by atoms with van der Waals surface area (Å²) in [6, 6.07) is 10.6. The number of fused-ring (bicyclic) bond motifs is 1. The average Bonchev–Trinajstić information content (AvgIpc) is 3.53. The Morgan fingerprint density at radius 3 is 2.67 bits per heavy atom. The van der Waals surface area contributed by atoms with Gasteiger partial charge in [0.1, 0.15) is 0 Å². The molecule has 2 amide bonds. The number of anilines is 2. The zero-order valence-electron chi connectivity index (χ0n) is 19.8. The summed E-state index contributed by atoms with van der Waals surface area (Å²) in [6.45, 7) is 3.99. The third-order valence-electron chi connectivity index (χ3n) is 6.58. The first-order valence-electron chi connectivity index (χ1n) is 12.3. The Morgan fingerprint density at radius 2 is 1.94 bits per heavy atom. The van der Waals surface area contributed by atoms with Gasteiger partial charge in [0.05, 0.1) is 31.9 Å². The van der Waals surface area contributed by atoms with Crippen LogP contribution in [0.4, 0.5) is 11.9 Å². The Balaban J connectivity index is 1.36. The summed E-state index contributed by atoms with van der Waals surface area (Å²) in [5.41, 5.74) is 2.76. The lowest BCUT2D eigenvalue weighted by Gasteiger charge is -2.31. The molecule has 3 aliphatic rings. The van der Waals surface area contributed by atoms with E-state index in [4.69, 9.17) is 14.7 Å². The molecule has 3 N–H and O–H groups in total. The van der Waals surface area contributed by atoms with Gasteiger partial charge in [-0.2, -0.15) is 19.6 Å². The molecule has 1 aliphatic carbocycles. The number of hydrogen-bond acceptors (Lipinski definition) is 9. The number of rotatable bonds is 8. The van der Waals surface area contributed by atoms with Crippen molar-refractivity contribution in [2.75, 3.05) is 43.5 Å². The Bertz CT molecular complexity index is 1310. The van der Waals surface area contributed by atoms with Crippen LogP contribution < -0.4 is 16.0 Å². The van der Waals surface area contributed by atoms with Gasteiger partial charge in [0.15, 0.2) is 5.65 Å². The number of morpholine rings is 1. The fourth-order valence-electron chi connectivity index (χ4n) is 4.49. The number of nitrogens with one attached hydrogen (secondary N) is 3. The van der Waals surface area contributed by atoms with E-state index in [1.165, 1.54) is 0 Å². The predicted octanol–water partition coefficient (Wildman–Crippen LogP) is 1.61. The number of carbonyl (C=O) groups excluding carboxylic acids is 2. The van der Waals surface area contributed by atoms with Crippen LogP contribution >= 0.6 is 0 Å². The maximum Gasteiger partial charge on any atom is 0.254 e. The van der Waals surface area contributed by atoms with Crippen molar-refractivity contribution in [2.45, 2.75) is 31.3 Å². The average molecular weight is 489 g/mol. The van der Waals surface area contributed by atoms with E-state index in [0.717, 1.165) is 51.3 Å². The molecule has 3 aromatic rings. The summed E-state index contributed by atoms with van der Waals surface area (Å²) in [7, 11) is 0. The van der Waals surface area contributed by atoms with Crippen LogP contribution in [0.3, 0.4) is 0 Å². The van der Waals surface area contributed by atoms with Crippen molar-refractivity contribution in [3.63, 3.8) is 0 Å². The van der Waals surface area contributed by atoms with E-state index in [-0.39, 0.29) is 24.3 Å². The summed E-state index contributed by atoms with van der Waals surface area (Å²) < 4.78 is 7.18. The van der Waals surface area contributed by atoms with Gasteiger partial charge in [0.25, 0.3) is 5.91 Å². The molecule has 1 saturated carbocycles. The number of aromatic nitrogens is 4. The molecule has 4 heterocycles. The molecule has 0 bridgehead atoms. The highest BCUT2D eigenvalue weighted by atomic mass is 16.5. The number of ether oxygens (including phenoxy) is 1. The fraction of sp³-hybridized carbons (Fsp3) is 0.400. The molecule has 1 unspecified atom stereocenters. The highest BCUT2D eigenvalue weighted by Gasteiger charge is 2.27. The summed E-state index contributed by atoms with van der Waals surface area (Å²) >= 11 is 0. The van der Waals surface area contributed by atoms with Crippen LogP contribution in [0, 0.1) is 0 Å². The van der Waals surface area contributed by atoms with E-state index in [9.17, 15) is 9.59 Å². The summed E-state index contributed by atoms with van der Waals surface area (Å²) in [5.74, 6) is 0.391. The molecule has 186 valence electrons. The number of imide groups is 1. The van der Waals surface area contributed by atoms with Gasteiger partial charge in [-0.05, 0) is 24.5 Å². The first kappa shape index (κ1) is 22.6. The van der Waals surface area contributed by atoms with Gasteiger partial charge < -0.3 is 15.4 Å². The second-order valence-corrected chi connectivity index (χ2v) is 9.37. The molecule has 1 atom stereocenters. The molecular weight excluding hydrogens is 460 g/mol. The van der Waals surface area contributed by atoms with Crippen LogP contribution in [0.5, 0.6) is 0 Å². The number of carbonyl (C=O) groups is 2. The highest BCUT2D eigenvalue weighted by molar-refractivity contribution is 6.15. The van der Waals surface area contributed by atoms with Crippen LogP contribution in [-0.2, 0) is 14.3 Å². The number of nitrogens with zero attached hydrogens (tertiary/aromatic N) is 5. The van der Waals surface area contributed by atoms with Gasteiger partial charge in [0, 0.05) is 36.8 Å². The number of amides is 2. The molecule has 0 radical (unpaired) electrons. The fourth-order valence-corrected chi connectivity index (χ4v) is 4.49. The smallest absolute Gasteiger partial charge is 0.254 e.